The average molecular weight is 328 g/mol. The first-order valence-corrected chi connectivity index (χ1v) is 9.03. The van der Waals surface area contributed by atoms with Crippen LogP contribution >= 0.6 is 0 Å². The predicted octanol–water partition coefficient (Wildman–Crippen LogP) is 3.65. The van der Waals surface area contributed by atoms with Crippen LogP contribution in [0.25, 0.3) is 11.1 Å². The predicted molar refractivity (Wildman–Crippen MR) is 98.2 cm³/mol. The van der Waals surface area contributed by atoms with Crippen LogP contribution in [0.15, 0.2) is 29.5 Å². The molecule has 2 heterocycles. The molecular weight excluding hydrogens is 300 g/mol. The molecule has 0 atom stereocenters. The highest BCUT2D eigenvalue weighted by Crippen LogP contribution is 2.24. The smallest absolute Gasteiger partial charge is 0.273 e. The monoisotopic (exact) mass is 328 g/mol. The van der Waals surface area contributed by atoms with Crippen molar-refractivity contribution in [2.75, 3.05) is 5.32 Å². The summed E-state index contributed by atoms with van der Waals surface area (Å²) in [4.78, 5) is 12.8. The van der Waals surface area contributed by atoms with Crippen molar-refractivity contribution in [3.05, 3.63) is 35.0 Å². The third-order valence-electron chi connectivity index (χ3n) is 4.65. The van der Waals surface area contributed by atoms with E-state index in [1.54, 1.807) is 4.68 Å². The van der Waals surface area contributed by atoms with Crippen molar-refractivity contribution < 1.29 is 0 Å². The summed E-state index contributed by atoms with van der Waals surface area (Å²) in [5.41, 5.74) is 2.90. The van der Waals surface area contributed by atoms with Gasteiger partial charge in [-0.05, 0) is 24.8 Å². The second kappa shape index (κ2) is 7.24. The molecule has 5 nitrogen and oxygen atoms in total. The van der Waals surface area contributed by atoms with Crippen molar-refractivity contribution in [3.8, 4) is 11.1 Å². The summed E-state index contributed by atoms with van der Waals surface area (Å²) < 4.78 is 3.64. The molecule has 1 aliphatic carbocycles. The number of pyridine rings is 1. The molecule has 0 aliphatic heterocycles. The Labute approximate surface area is 143 Å². The van der Waals surface area contributed by atoms with E-state index in [-0.39, 0.29) is 5.56 Å². The van der Waals surface area contributed by atoms with Crippen LogP contribution in [-0.2, 0) is 13.6 Å². The Morgan fingerprint density at radius 2 is 1.96 bits per heavy atom. The van der Waals surface area contributed by atoms with E-state index in [0.29, 0.717) is 12.0 Å². The molecule has 1 aliphatic rings. The van der Waals surface area contributed by atoms with Crippen LogP contribution in [0.4, 0.5) is 5.69 Å². The Balaban J connectivity index is 1.97. The van der Waals surface area contributed by atoms with Crippen LogP contribution < -0.4 is 10.9 Å². The molecule has 0 saturated heterocycles. The van der Waals surface area contributed by atoms with E-state index < -0.39 is 0 Å². The second-order valence-corrected chi connectivity index (χ2v) is 7.38. The minimum absolute atomic E-state index is 0.0851. The van der Waals surface area contributed by atoms with Crippen LogP contribution in [0.5, 0.6) is 0 Å². The van der Waals surface area contributed by atoms with Gasteiger partial charge in [0.05, 0.1) is 6.20 Å². The molecule has 1 saturated carbocycles. The molecule has 0 radical (unpaired) electrons. The summed E-state index contributed by atoms with van der Waals surface area (Å²) in [5, 5.41) is 7.78. The number of hydrogen-bond acceptors (Lipinski definition) is 3. The van der Waals surface area contributed by atoms with Crippen molar-refractivity contribution >= 4 is 5.69 Å². The highest BCUT2D eigenvalue weighted by molar-refractivity contribution is 5.65. The van der Waals surface area contributed by atoms with Gasteiger partial charge in [-0.3, -0.25) is 9.48 Å². The molecule has 1 N–H and O–H groups in total. The van der Waals surface area contributed by atoms with Crippen molar-refractivity contribution in [3.63, 3.8) is 0 Å². The van der Waals surface area contributed by atoms with E-state index in [1.165, 1.54) is 19.3 Å². The fourth-order valence-electron chi connectivity index (χ4n) is 3.46. The minimum Gasteiger partial charge on any atom is -0.378 e. The summed E-state index contributed by atoms with van der Waals surface area (Å²) >= 11 is 0. The summed E-state index contributed by atoms with van der Waals surface area (Å²) in [6, 6.07) is 2.41. The number of hydrogen-bond donors (Lipinski definition) is 1. The van der Waals surface area contributed by atoms with Crippen molar-refractivity contribution in [1.82, 2.24) is 14.3 Å². The normalized spacial score (nSPS) is 15.8. The zero-order chi connectivity index (χ0) is 17.1. The Morgan fingerprint density at radius 1 is 1.21 bits per heavy atom. The van der Waals surface area contributed by atoms with Gasteiger partial charge in [0, 0.05) is 43.2 Å². The molecule has 0 spiro atoms. The lowest BCUT2D eigenvalue weighted by Crippen LogP contribution is -2.30. The Morgan fingerprint density at radius 3 is 2.58 bits per heavy atom. The van der Waals surface area contributed by atoms with Crippen LogP contribution in [-0.4, -0.2) is 20.4 Å². The lowest BCUT2D eigenvalue weighted by molar-refractivity contribution is 0.461. The standard InChI is InChI=1S/C19H28N4O/c1-14(2)11-23-13-15(16-10-20-22(3)12-16)9-18(19(23)24)21-17-7-5-4-6-8-17/h9-10,12-14,17,21H,4-8,11H2,1-3H3. The van der Waals surface area contributed by atoms with Crippen LogP contribution in [0.1, 0.15) is 46.0 Å². The van der Waals surface area contributed by atoms with Gasteiger partial charge in [-0.25, -0.2) is 0 Å². The van der Waals surface area contributed by atoms with Gasteiger partial charge in [0.15, 0.2) is 0 Å². The Kier molecular flexibility index (Phi) is 5.07. The number of nitrogens with zero attached hydrogens (tertiary/aromatic N) is 3. The Bertz CT molecular complexity index is 738. The number of nitrogens with one attached hydrogen (secondary N) is 1. The number of aryl methyl sites for hydroxylation is 1. The maximum Gasteiger partial charge on any atom is 0.273 e. The zero-order valence-corrected chi connectivity index (χ0v) is 15.0. The summed E-state index contributed by atoms with van der Waals surface area (Å²) in [6.45, 7) is 5.00. The van der Waals surface area contributed by atoms with Gasteiger partial charge >= 0.3 is 0 Å². The van der Waals surface area contributed by atoms with Gasteiger partial charge in [-0.1, -0.05) is 33.1 Å². The van der Waals surface area contributed by atoms with Crippen LogP contribution in [0.3, 0.4) is 0 Å². The molecule has 3 rings (SSSR count). The number of rotatable bonds is 5. The van der Waals surface area contributed by atoms with E-state index in [4.69, 9.17) is 0 Å². The zero-order valence-electron chi connectivity index (χ0n) is 15.0. The fourth-order valence-corrected chi connectivity index (χ4v) is 3.46. The third kappa shape index (κ3) is 3.89. The topological polar surface area (TPSA) is 51.9 Å². The first kappa shape index (κ1) is 16.8. The lowest BCUT2D eigenvalue weighted by Gasteiger charge is -2.24. The van der Waals surface area contributed by atoms with Crippen molar-refractivity contribution in [2.24, 2.45) is 13.0 Å². The van der Waals surface area contributed by atoms with E-state index in [1.807, 2.05) is 36.3 Å². The molecule has 24 heavy (non-hydrogen) atoms. The summed E-state index contributed by atoms with van der Waals surface area (Å²) in [6.07, 6.45) is 11.9. The van der Waals surface area contributed by atoms with Crippen molar-refractivity contribution in [1.29, 1.82) is 0 Å². The second-order valence-electron chi connectivity index (χ2n) is 7.38. The van der Waals surface area contributed by atoms with Gasteiger partial charge in [0.1, 0.15) is 5.69 Å². The molecule has 1 fully saturated rings. The molecule has 5 heteroatoms. The first-order chi connectivity index (χ1) is 11.5. The minimum atomic E-state index is 0.0851. The van der Waals surface area contributed by atoms with E-state index >= 15 is 0 Å². The number of aromatic nitrogens is 3. The molecule has 2 aromatic heterocycles. The van der Waals surface area contributed by atoms with Gasteiger partial charge < -0.3 is 9.88 Å². The van der Waals surface area contributed by atoms with Crippen LogP contribution in [0, 0.1) is 5.92 Å². The van der Waals surface area contributed by atoms with E-state index in [2.05, 4.69) is 24.3 Å². The third-order valence-corrected chi connectivity index (χ3v) is 4.65. The summed E-state index contributed by atoms with van der Waals surface area (Å²) in [5.74, 6) is 0.425. The average Bonchev–Trinajstić information content (AvgIpc) is 2.98. The first-order valence-electron chi connectivity index (χ1n) is 9.03. The van der Waals surface area contributed by atoms with Gasteiger partial charge in [0.2, 0.25) is 0 Å². The SMILES string of the molecule is CC(C)Cn1cc(-c2cnn(C)c2)cc(NC2CCCCC2)c1=O. The van der Waals surface area contributed by atoms with Gasteiger partial charge in [-0.15, -0.1) is 0 Å². The van der Waals surface area contributed by atoms with E-state index in [0.717, 1.165) is 36.2 Å². The molecule has 0 amide bonds. The van der Waals surface area contributed by atoms with Gasteiger partial charge in [-0.2, -0.15) is 5.10 Å². The Hall–Kier alpha value is -2.04. The highest BCUT2D eigenvalue weighted by atomic mass is 16.1. The largest absolute Gasteiger partial charge is 0.378 e. The summed E-state index contributed by atoms with van der Waals surface area (Å²) in [7, 11) is 1.91. The molecule has 130 valence electrons. The maximum atomic E-state index is 12.8. The molecule has 0 bridgehead atoms. The molecule has 0 unspecified atom stereocenters. The van der Waals surface area contributed by atoms with Crippen LogP contribution in [0.2, 0.25) is 0 Å². The molecule has 0 aromatic carbocycles. The van der Waals surface area contributed by atoms with E-state index in [9.17, 15) is 4.79 Å². The maximum absolute atomic E-state index is 12.8. The lowest BCUT2D eigenvalue weighted by atomic mass is 9.95. The quantitative estimate of drug-likeness (QED) is 0.911. The fraction of sp³-hybridized carbons (Fsp3) is 0.579. The molecular formula is C19H28N4O. The number of anilines is 1. The van der Waals surface area contributed by atoms with Gasteiger partial charge in [0.25, 0.3) is 5.56 Å². The van der Waals surface area contributed by atoms with Crippen molar-refractivity contribution in [2.45, 2.75) is 58.5 Å². The molecule has 2 aromatic rings. The highest BCUT2D eigenvalue weighted by Gasteiger charge is 2.16.